The normalized spacial score (nSPS) is 8.92. The molecule has 1 rings (SSSR count). The molecule has 4 heteroatoms. The summed E-state index contributed by atoms with van der Waals surface area (Å²) < 4.78 is 0. The maximum absolute atomic E-state index is 11.2. The van der Waals surface area contributed by atoms with Crippen molar-refractivity contribution in [1.29, 1.82) is 5.26 Å². The van der Waals surface area contributed by atoms with Crippen molar-refractivity contribution < 1.29 is 4.79 Å². The lowest BCUT2D eigenvalue weighted by Crippen LogP contribution is -2.23. The number of thiophene rings is 1. The molecule has 0 spiro atoms. The Labute approximate surface area is 80.5 Å². The fraction of sp³-hybridized carbons (Fsp3) is 0.111. The molecule has 0 atom stereocenters. The van der Waals surface area contributed by atoms with E-state index in [9.17, 15) is 4.79 Å². The van der Waals surface area contributed by atoms with E-state index in [-0.39, 0.29) is 5.91 Å². The average molecular weight is 192 g/mol. The van der Waals surface area contributed by atoms with Gasteiger partial charge in [0.25, 0.3) is 5.91 Å². The number of nitriles is 1. The molecule has 66 valence electrons. The van der Waals surface area contributed by atoms with E-state index in [0.29, 0.717) is 10.6 Å². The fourth-order valence-corrected chi connectivity index (χ4v) is 1.70. The number of nitrogens with zero attached hydrogens (tertiary/aromatic N) is 2. The summed E-state index contributed by atoms with van der Waals surface area (Å²) in [6.07, 6.45) is 1.22. The van der Waals surface area contributed by atoms with E-state index in [1.54, 1.807) is 18.5 Å². The molecule has 0 aliphatic heterocycles. The van der Waals surface area contributed by atoms with Crippen LogP contribution in [0.4, 0.5) is 5.00 Å². The summed E-state index contributed by atoms with van der Waals surface area (Å²) in [6.45, 7) is 3.38. The van der Waals surface area contributed by atoms with Gasteiger partial charge in [-0.1, -0.05) is 6.58 Å². The van der Waals surface area contributed by atoms with E-state index < -0.39 is 0 Å². The molecular formula is C9H8N2OS. The topological polar surface area (TPSA) is 44.1 Å². The number of rotatable bonds is 2. The number of carbonyl (C=O) groups excluding carboxylic acids is 1. The molecule has 13 heavy (non-hydrogen) atoms. The standard InChI is InChI=1S/C9H8N2OS/c1-3-8(12)11(2)9-7(6-10)4-5-13-9/h3-5H,1H2,2H3. The molecule has 0 aromatic carbocycles. The molecule has 0 saturated carbocycles. The first-order valence-electron chi connectivity index (χ1n) is 3.58. The molecule has 0 fully saturated rings. The Balaban J connectivity index is 3.02. The first-order chi connectivity index (χ1) is 6.20. The maximum atomic E-state index is 11.2. The summed E-state index contributed by atoms with van der Waals surface area (Å²) >= 11 is 1.36. The molecule has 1 aromatic heterocycles. The predicted octanol–water partition coefficient (Wildman–Crippen LogP) is 1.77. The van der Waals surface area contributed by atoms with Crippen LogP contribution in [-0.2, 0) is 4.79 Å². The van der Waals surface area contributed by atoms with Crippen molar-refractivity contribution >= 4 is 22.2 Å². The van der Waals surface area contributed by atoms with Gasteiger partial charge in [0.1, 0.15) is 11.1 Å². The minimum absolute atomic E-state index is 0.209. The molecule has 0 bridgehead atoms. The van der Waals surface area contributed by atoms with Gasteiger partial charge in [0.05, 0.1) is 5.56 Å². The third-order valence-corrected chi connectivity index (χ3v) is 2.56. The predicted molar refractivity (Wildman–Crippen MR) is 52.6 cm³/mol. The van der Waals surface area contributed by atoms with Crippen LogP contribution in [0.25, 0.3) is 0 Å². The van der Waals surface area contributed by atoms with Gasteiger partial charge in [0.2, 0.25) is 0 Å². The number of hydrogen-bond donors (Lipinski definition) is 0. The molecule has 1 heterocycles. The number of hydrogen-bond acceptors (Lipinski definition) is 3. The highest BCUT2D eigenvalue weighted by atomic mass is 32.1. The van der Waals surface area contributed by atoms with Gasteiger partial charge in [-0.25, -0.2) is 0 Å². The van der Waals surface area contributed by atoms with Gasteiger partial charge in [-0.05, 0) is 17.5 Å². The minimum atomic E-state index is -0.209. The first kappa shape index (κ1) is 9.49. The third kappa shape index (κ3) is 1.76. The van der Waals surface area contributed by atoms with E-state index in [2.05, 4.69) is 6.58 Å². The van der Waals surface area contributed by atoms with Gasteiger partial charge in [0.15, 0.2) is 0 Å². The molecule has 1 aromatic rings. The molecule has 3 nitrogen and oxygen atoms in total. The molecule has 0 aliphatic carbocycles. The molecule has 0 saturated heterocycles. The summed E-state index contributed by atoms with van der Waals surface area (Å²) in [7, 11) is 1.62. The number of amides is 1. The Morgan fingerprint density at radius 1 is 1.85 bits per heavy atom. The van der Waals surface area contributed by atoms with E-state index in [1.807, 2.05) is 6.07 Å². The van der Waals surface area contributed by atoms with Crippen molar-refractivity contribution in [3.05, 3.63) is 29.7 Å². The zero-order chi connectivity index (χ0) is 9.84. The molecule has 0 aliphatic rings. The van der Waals surface area contributed by atoms with Gasteiger partial charge in [-0.2, -0.15) is 5.26 Å². The summed E-state index contributed by atoms with van der Waals surface area (Å²) in [5.41, 5.74) is 0.516. The molecule has 1 amide bonds. The SMILES string of the molecule is C=CC(=O)N(C)c1sccc1C#N. The molecule has 0 radical (unpaired) electrons. The summed E-state index contributed by atoms with van der Waals surface area (Å²) in [5.74, 6) is -0.209. The zero-order valence-corrected chi connectivity index (χ0v) is 7.97. The van der Waals surface area contributed by atoms with Gasteiger partial charge in [-0.3, -0.25) is 4.79 Å². The lowest BCUT2D eigenvalue weighted by atomic mass is 10.3. The van der Waals surface area contributed by atoms with E-state index in [0.717, 1.165) is 0 Å². The highest BCUT2D eigenvalue weighted by Crippen LogP contribution is 2.25. The second-order valence-electron chi connectivity index (χ2n) is 2.35. The largest absolute Gasteiger partial charge is 0.302 e. The van der Waals surface area contributed by atoms with Crippen molar-refractivity contribution in [1.82, 2.24) is 0 Å². The summed E-state index contributed by atoms with van der Waals surface area (Å²) in [4.78, 5) is 12.6. The minimum Gasteiger partial charge on any atom is -0.302 e. The van der Waals surface area contributed by atoms with Gasteiger partial charge < -0.3 is 4.90 Å². The highest BCUT2D eigenvalue weighted by molar-refractivity contribution is 7.14. The Hall–Kier alpha value is -1.60. The maximum Gasteiger partial charge on any atom is 0.250 e. The third-order valence-electron chi connectivity index (χ3n) is 1.58. The van der Waals surface area contributed by atoms with Gasteiger partial charge in [0, 0.05) is 7.05 Å². The van der Waals surface area contributed by atoms with Crippen LogP contribution in [0.1, 0.15) is 5.56 Å². The highest BCUT2D eigenvalue weighted by Gasteiger charge is 2.12. The number of anilines is 1. The molecule has 0 N–H and O–H groups in total. The first-order valence-corrected chi connectivity index (χ1v) is 4.46. The van der Waals surface area contributed by atoms with Crippen molar-refractivity contribution in [3.8, 4) is 6.07 Å². The Kier molecular flexibility index (Phi) is 2.83. The van der Waals surface area contributed by atoms with Crippen LogP contribution in [0.5, 0.6) is 0 Å². The van der Waals surface area contributed by atoms with Gasteiger partial charge in [-0.15, -0.1) is 11.3 Å². The van der Waals surface area contributed by atoms with E-state index in [4.69, 9.17) is 5.26 Å². The zero-order valence-electron chi connectivity index (χ0n) is 7.15. The van der Waals surface area contributed by atoms with Crippen molar-refractivity contribution in [2.45, 2.75) is 0 Å². The Bertz CT molecular complexity index is 375. The van der Waals surface area contributed by atoms with Crippen LogP contribution in [0.15, 0.2) is 24.1 Å². The molecule has 0 unspecified atom stereocenters. The molecular weight excluding hydrogens is 184 g/mol. The average Bonchev–Trinajstić information content (AvgIpc) is 2.62. The summed E-state index contributed by atoms with van der Waals surface area (Å²) in [5, 5.41) is 11.1. The van der Waals surface area contributed by atoms with Crippen LogP contribution in [0.3, 0.4) is 0 Å². The fourth-order valence-electron chi connectivity index (χ4n) is 0.883. The second-order valence-corrected chi connectivity index (χ2v) is 3.25. The van der Waals surface area contributed by atoms with Crippen LogP contribution in [-0.4, -0.2) is 13.0 Å². The van der Waals surface area contributed by atoms with Crippen LogP contribution in [0.2, 0.25) is 0 Å². The lowest BCUT2D eigenvalue weighted by Gasteiger charge is -2.12. The Morgan fingerprint density at radius 3 is 3.08 bits per heavy atom. The van der Waals surface area contributed by atoms with Crippen LogP contribution < -0.4 is 4.90 Å². The quantitative estimate of drug-likeness (QED) is 0.670. The summed E-state index contributed by atoms with van der Waals surface area (Å²) in [6, 6.07) is 3.71. The smallest absolute Gasteiger partial charge is 0.250 e. The van der Waals surface area contributed by atoms with Crippen molar-refractivity contribution in [2.75, 3.05) is 11.9 Å². The Morgan fingerprint density at radius 2 is 2.54 bits per heavy atom. The van der Waals surface area contributed by atoms with Gasteiger partial charge >= 0.3 is 0 Å². The van der Waals surface area contributed by atoms with E-state index in [1.165, 1.54) is 22.3 Å². The van der Waals surface area contributed by atoms with Crippen LogP contribution in [0, 0.1) is 11.3 Å². The number of likely N-dealkylation sites (N-methyl/N-ethyl adjacent to an activating group) is 1. The van der Waals surface area contributed by atoms with Crippen LogP contribution >= 0.6 is 11.3 Å². The van der Waals surface area contributed by atoms with Crippen molar-refractivity contribution in [2.24, 2.45) is 0 Å². The lowest BCUT2D eigenvalue weighted by molar-refractivity contribution is -0.113. The second kappa shape index (κ2) is 3.87. The number of carbonyl (C=O) groups is 1. The monoisotopic (exact) mass is 192 g/mol. The van der Waals surface area contributed by atoms with Crippen molar-refractivity contribution in [3.63, 3.8) is 0 Å². The van der Waals surface area contributed by atoms with E-state index >= 15 is 0 Å².